The summed E-state index contributed by atoms with van der Waals surface area (Å²) < 4.78 is 5.51. The van der Waals surface area contributed by atoms with Gasteiger partial charge in [-0.3, -0.25) is 4.98 Å². The molecule has 0 bridgehead atoms. The van der Waals surface area contributed by atoms with Crippen LogP contribution in [0.25, 0.3) is 0 Å². The summed E-state index contributed by atoms with van der Waals surface area (Å²) in [7, 11) is 0. The highest BCUT2D eigenvalue weighted by Gasteiger charge is 2.04. The third kappa shape index (κ3) is 2.39. The molecule has 2 rings (SSSR count). The zero-order valence-electron chi connectivity index (χ0n) is 8.79. The second-order valence-corrected chi connectivity index (χ2v) is 3.23. The van der Waals surface area contributed by atoms with Gasteiger partial charge in [-0.1, -0.05) is 6.07 Å². The summed E-state index contributed by atoms with van der Waals surface area (Å²) in [6.45, 7) is 0. The first-order valence-electron chi connectivity index (χ1n) is 4.85. The van der Waals surface area contributed by atoms with Crippen molar-refractivity contribution in [1.29, 1.82) is 10.5 Å². The molecule has 17 heavy (non-hydrogen) atoms. The number of nitrogens with zero attached hydrogens (tertiary/aromatic N) is 3. The molecule has 4 nitrogen and oxygen atoms in total. The normalized spacial score (nSPS) is 9.06. The Labute approximate surface area is 98.3 Å². The van der Waals surface area contributed by atoms with Gasteiger partial charge in [0.2, 0.25) is 0 Å². The van der Waals surface area contributed by atoms with Gasteiger partial charge in [-0.15, -0.1) is 0 Å². The van der Waals surface area contributed by atoms with Crippen molar-refractivity contribution in [1.82, 2.24) is 4.98 Å². The number of hydrogen-bond donors (Lipinski definition) is 0. The Kier molecular flexibility index (Phi) is 3.00. The number of aromatic nitrogens is 1. The van der Waals surface area contributed by atoms with Crippen molar-refractivity contribution >= 4 is 0 Å². The topological polar surface area (TPSA) is 69.7 Å². The summed E-state index contributed by atoms with van der Waals surface area (Å²) in [5.74, 6) is 0.888. The first-order chi connectivity index (χ1) is 8.33. The van der Waals surface area contributed by atoms with Gasteiger partial charge in [0, 0.05) is 6.20 Å². The highest BCUT2D eigenvalue weighted by Crippen LogP contribution is 2.24. The van der Waals surface area contributed by atoms with Gasteiger partial charge < -0.3 is 4.74 Å². The Morgan fingerprint density at radius 2 is 2.00 bits per heavy atom. The van der Waals surface area contributed by atoms with Crippen molar-refractivity contribution in [2.45, 2.75) is 0 Å². The van der Waals surface area contributed by atoms with E-state index in [0.717, 1.165) is 0 Å². The van der Waals surface area contributed by atoms with Crippen molar-refractivity contribution in [2.24, 2.45) is 0 Å². The van der Waals surface area contributed by atoms with E-state index in [-0.39, 0.29) is 0 Å². The van der Waals surface area contributed by atoms with Crippen LogP contribution in [-0.2, 0) is 0 Å². The number of rotatable bonds is 2. The molecule has 4 heteroatoms. The van der Waals surface area contributed by atoms with Crippen LogP contribution in [0.5, 0.6) is 11.5 Å². The van der Waals surface area contributed by atoms with E-state index < -0.39 is 0 Å². The van der Waals surface area contributed by atoms with Gasteiger partial charge in [0.05, 0.1) is 23.4 Å². The molecule has 0 aliphatic rings. The molecule has 0 amide bonds. The van der Waals surface area contributed by atoms with E-state index in [1.54, 1.807) is 30.3 Å². The maximum Gasteiger partial charge on any atom is 0.163 e. The third-order valence-electron chi connectivity index (χ3n) is 2.10. The largest absolute Gasteiger partial charge is 0.454 e. The molecule has 0 spiro atoms. The Bertz CT molecular complexity index is 623. The van der Waals surface area contributed by atoms with Crippen LogP contribution in [0.4, 0.5) is 0 Å². The molecule has 0 saturated carbocycles. The molecular formula is C13H7N3O. The van der Waals surface area contributed by atoms with Crippen LogP contribution in [0.15, 0.2) is 42.7 Å². The number of benzene rings is 1. The van der Waals surface area contributed by atoms with Gasteiger partial charge >= 0.3 is 0 Å². The van der Waals surface area contributed by atoms with E-state index in [1.807, 2.05) is 12.1 Å². The molecule has 0 N–H and O–H groups in total. The Morgan fingerprint density at radius 3 is 2.76 bits per heavy atom. The van der Waals surface area contributed by atoms with Gasteiger partial charge in [-0.25, -0.2) is 0 Å². The fourth-order valence-electron chi connectivity index (χ4n) is 1.31. The van der Waals surface area contributed by atoms with Crippen molar-refractivity contribution in [3.05, 3.63) is 53.9 Å². The lowest BCUT2D eigenvalue weighted by atomic mass is 10.2. The number of hydrogen-bond acceptors (Lipinski definition) is 4. The highest BCUT2D eigenvalue weighted by molar-refractivity contribution is 5.44. The molecular weight excluding hydrogens is 214 g/mol. The van der Waals surface area contributed by atoms with Gasteiger partial charge in [0.15, 0.2) is 5.75 Å². The first kappa shape index (κ1) is 10.7. The highest BCUT2D eigenvalue weighted by atomic mass is 16.5. The lowest BCUT2D eigenvalue weighted by Gasteiger charge is -2.06. The average molecular weight is 221 g/mol. The summed E-state index contributed by atoms with van der Waals surface area (Å²) in [6, 6.07) is 12.3. The van der Waals surface area contributed by atoms with Crippen LogP contribution in [0.1, 0.15) is 11.1 Å². The average Bonchev–Trinajstić information content (AvgIpc) is 2.39. The smallest absolute Gasteiger partial charge is 0.163 e. The van der Waals surface area contributed by atoms with Crippen LogP contribution < -0.4 is 4.74 Å². The van der Waals surface area contributed by atoms with Crippen molar-refractivity contribution < 1.29 is 4.74 Å². The predicted molar refractivity (Wildman–Crippen MR) is 60.2 cm³/mol. The quantitative estimate of drug-likeness (QED) is 0.781. The number of pyridine rings is 1. The molecule has 1 heterocycles. The lowest BCUT2D eigenvalue weighted by Crippen LogP contribution is -1.89. The van der Waals surface area contributed by atoms with Crippen molar-refractivity contribution in [3.63, 3.8) is 0 Å². The molecule has 1 aromatic carbocycles. The van der Waals surface area contributed by atoms with Crippen molar-refractivity contribution in [3.8, 4) is 23.6 Å². The number of nitriles is 2. The summed E-state index contributed by atoms with van der Waals surface area (Å²) in [6.07, 6.45) is 2.99. The molecule has 0 unspecified atom stereocenters. The second-order valence-electron chi connectivity index (χ2n) is 3.23. The minimum atomic E-state index is 0.380. The molecule has 0 saturated heterocycles. The SMILES string of the molecule is N#Cc1cccc(Oc2cnccc2C#N)c1. The van der Waals surface area contributed by atoms with E-state index in [1.165, 1.54) is 12.4 Å². The van der Waals surface area contributed by atoms with E-state index in [4.69, 9.17) is 15.3 Å². The van der Waals surface area contributed by atoms with Gasteiger partial charge in [0.1, 0.15) is 11.8 Å². The Morgan fingerprint density at radius 1 is 1.12 bits per heavy atom. The summed E-state index contributed by atoms with van der Waals surface area (Å²) >= 11 is 0. The molecule has 0 radical (unpaired) electrons. The molecule has 0 atom stereocenters. The van der Waals surface area contributed by atoms with Crippen LogP contribution in [0, 0.1) is 22.7 Å². The zero-order valence-corrected chi connectivity index (χ0v) is 8.79. The van der Waals surface area contributed by atoms with Gasteiger partial charge in [-0.05, 0) is 24.3 Å². The molecule has 0 aliphatic heterocycles. The van der Waals surface area contributed by atoms with E-state index >= 15 is 0 Å². The fraction of sp³-hybridized carbons (Fsp3) is 0. The maximum absolute atomic E-state index is 8.89. The Balaban J connectivity index is 2.32. The van der Waals surface area contributed by atoms with Gasteiger partial charge in [0.25, 0.3) is 0 Å². The van der Waals surface area contributed by atoms with Gasteiger partial charge in [-0.2, -0.15) is 10.5 Å². The predicted octanol–water partition coefficient (Wildman–Crippen LogP) is 2.62. The lowest BCUT2D eigenvalue weighted by molar-refractivity contribution is 0.478. The number of ether oxygens (including phenoxy) is 1. The van der Waals surface area contributed by atoms with Crippen molar-refractivity contribution in [2.75, 3.05) is 0 Å². The summed E-state index contributed by atoms with van der Waals surface area (Å²) in [5.41, 5.74) is 0.909. The molecule has 2 aromatic rings. The summed E-state index contributed by atoms with van der Waals surface area (Å²) in [4.78, 5) is 3.89. The molecule has 0 aliphatic carbocycles. The Hall–Kier alpha value is -2.85. The van der Waals surface area contributed by atoms with E-state index in [0.29, 0.717) is 22.6 Å². The van der Waals surface area contributed by atoms with Crippen LogP contribution in [0.3, 0.4) is 0 Å². The minimum Gasteiger partial charge on any atom is -0.454 e. The van der Waals surface area contributed by atoms with Crippen LogP contribution in [-0.4, -0.2) is 4.98 Å². The van der Waals surface area contributed by atoms with E-state index in [2.05, 4.69) is 4.98 Å². The maximum atomic E-state index is 8.89. The van der Waals surface area contributed by atoms with Crippen LogP contribution in [0.2, 0.25) is 0 Å². The monoisotopic (exact) mass is 221 g/mol. The van der Waals surface area contributed by atoms with E-state index in [9.17, 15) is 0 Å². The molecule has 0 fully saturated rings. The first-order valence-corrected chi connectivity index (χ1v) is 4.85. The standard InChI is InChI=1S/C13H7N3O/c14-7-10-2-1-3-12(6-10)17-13-9-16-5-4-11(13)8-15/h1-6,9H. The minimum absolute atomic E-state index is 0.380. The summed E-state index contributed by atoms with van der Waals surface area (Å²) in [5, 5.41) is 17.6. The fourth-order valence-corrected chi connectivity index (χ4v) is 1.31. The third-order valence-corrected chi connectivity index (χ3v) is 2.10. The zero-order chi connectivity index (χ0) is 12.1. The molecule has 1 aromatic heterocycles. The van der Waals surface area contributed by atoms with Crippen LogP contribution >= 0.6 is 0 Å². The second kappa shape index (κ2) is 4.78. The molecule has 80 valence electrons.